The first-order valence-electron chi connectivity index (χ1n) is 5.57. The van der Waals surface area contributed by atoms with Gasteiger partial charge in [0.05, 0.1) is 0 Å². The molecule has 0 unspecified atom stereocenters. The van der Waals surface area contributed by atoms with Crippen molar-refractivity contribution in [3.63, 3.8) is 0 Å². The van der Waals surface area contributed by atoms with Gasteiger partial charge in [0.15, 0.2) is 0 Å². The smallest absolute Gasteiger partial charge is 0.410 e. The molecule has 0 aliphatic heterocycles. The molecule has 1 heterocycles. The third-order valence-corrected chi connectivity index (χ3v) is 2.57. The van der Waals surface area contributed by atoms with E-state index in [2.05, 4.69) is 15.6 Å². The van der Waals surface area contributed by atoms with Gasteiger partial charge in [0.25, 0.3) is 5.91 Å². The second kappa shape index (κ2) is 6.03. The summed E-state index contributed by atoms with van der Waals surface area (Å²) in [4.78, 5) is 26.3. The lowest BCUT2D eigenvalue weighted by Crippen LogP contribution is -2.13. The molecule has 0 saturated carbocycles. The van der Waals surface area contributed by atoms with Gasteiger partial charge in [-0.3, -0.25) is 10.1 Å². The van der Waals surface area contributed by atoms with Crippen LogP contribution in [-0.2, 0) is 0 Å². The highest BCUT2D eigenvalue weighted by Crippen LogP contribution is 2.15. The Hall–Kier alpha value is -2.60. The fourth-order valence-electron chi connectivity index (χ4n) is 1.52. The Morgan fingerprint density at radius 2 is 1.95 bits per heavy atom. The summed E-state index contributed by atoms with van der Waals surface area (Å²) in [6, 6.07) is 9.46. The minimum atomic E-state index is -1.23. The molecule has 102 valence electrons. The number of carbonyl (C=O) groups excluding carboxylic acids is 1. The third-order valence-electron chi connectivity index (χ3n) is 2.34. The monoisotopic (exact) mass is 291 g/mol. The predicted molar refractivity (Wildman–Crippen MR) is 75.3 cm³/mol. The molecule has 0 fully saturated rings. The molecule has 0 bridgehead atoms. The second-order valence-electron chi connectivity index (χ2n) is 3.82. The molecule has 7 heteroatoms. The summed E-state index contributed by atoms with van der Waals surface area (Å²) in [6.07, 6.45) is 0.162. The van der Waals surface area contributed by atoms with E-state index in [0.717, 1.165) is 0 Å². The normalized spacial score (nSPS) is 9.85. The van der Waals surface area contributed by atoms with Gasteiger partial charge in [0.1, 0.15) is 5.82 Å². The number of halogens is 1. The van der Waals surface area contributed by atoms with Crippen LogP contribution in [0.15, 0.2) is 42.6 Å². The van der Waals surface area contributed by atoms with E-state index in [1.54, 1.807) is 24.3 Å². The molecule has 0 spiro atoms. The number of nitrogens with zero attached hydrogens (tertiary/aromatic N) is 1. The Kier molecular flexibility index (Phi) is 4.17. The second-order valence-corrected chi connectivity index (χ2v) is 4.26. The minimum absolute atomic E-state index is 0.126. The number of rotatable bonds is 3. The van der Waals surface area contributed by atoms with E-state index in [9.17, 15) is 9.59 Å². The molecule has 1 aromatic carbocycles. The number of hydrogen-bond acceptors (Lipinski definition) is 3. The highest BCUT2D eigenvalue weighted by Gasteiger charge is 2.07. The van der Waals surface area contributed by atoms with Crippen molar-refractivity contribution >= 4 is 35.1 Å². The highest BCUT2D eigenvalue weighted by molar-refractivity contribution is 6.31. The zero-order chi connectivity index (χ0) is 14.5. The van der Waals surface area contributed by atoms with Gasteiger partial charge in [-0.15, -0.1) is 0 Å². The van der Waals surface area contributed by atoms with Crippen LogP contribution in [0.4, 0.5) is 16.3 Å². The van der Waals surface area contributed by atoms with Gasteiger partial charge in [0, 0.05) is 28.5 Å². The zero-order valence-corrected chi connectivity index (χ0v) is 10.9. The maximum atomic E-state index is 12.0. The molecule has 0 radical (unpaired) electrons. The molecular weight excluding hydrogens is 282 g/mol. The molecule has 2 amide bonds. The summed E-state index contributed by atoms with van der Waals surface area (Å²) in [5, 5.41) is 13.8. The Morgan fingerprint density at radius 3 is 2.65 bits per heavy atom. The first-order valence-corrected chi connectivity index (χ1v) is 5.95. The van der Waals surface area contributed by atoms with E-state index in [-0.39, 0.29) is 11.7 Å². The standard InChI is InChI=1S/C13H10ClN3O3/c14-9-3-1-2-8(6-9)12(18)16-10-4-5-15-11(7-10)17-13(19)20/h1-7H,(H,19,20)(H2,15,16,17,18). The van der Waals surface area contributed by atoms with Crippen molar-refractivity contribution in [2.75, 3.05) is 10.6 Å². The number of aromatic nitrogens is 1. The quantitative estimate of drug-likeness (QED) is 0.810. The number of benzene rings is 1. The van der Waals surface area contributed by atoms with E-state index in [4.69, 9.17) is 16.7 Å². The third kappa shape index (κ3) is 3.69. The van der Waals surface area contributed by atoms with Crippen LogP contribution in [-0.4, -0.2) is 22.1 Å². The maximum absolute atomic E-state index is 12.0. The zero-order valence-electron chi connectivity index (χ0n) is 10.1. The number of anilines is 2. The van der Waals surface area contributed by atoms with E-state index in [1.165, 1.54) is 18.3 Å². The van der Waals surface area contributed by atoms with E-state index >= 15 is 0 Å². The first kappa shape index (κ1) is 13.8. The molecule has 6 nitrogen and oxygen atoms in total. The fourth-order valence-corrected chi connectivity index (χ4v) is 1.71. The topological polar surface area (TPSA) is 91.3 Å². The number of carboxylic acid groups (broad SMARTS) is 1. The van der Waals surface area contributed by atoms with Crippen LogP contribution in [0.1, 0.15) is 10.4 Å². The van der Waals surface area contributed by atoms with E-state index < -0.39 is 6.09 Å². The Balaban J connectivity index is 2.13. The maximum Gasteiger partial charge on any atom is 0.410 e. The SMILES string of the molecule is O=C(O)Nc1cc(NC(=O)c2cccc(Cl)c2)ccn1. The molecule has 2 rings (SSSR count). The number of carbonyl (C=O) groups is 2. The van der Waals surface area contributed by atoms with Crippen molar-refractivity contribution in [3.8, 4) is 0 Å². The summed E-state index contributed by atoms with van der Waals surface area (Å²) in [5.74, 6) is -0.221. The molecule has 0 saturated heterocycles. The van der Waals surface area contributed by atoms with Crippen molar-refractivity contribution in [3.05, 3.63) is 53.2 Å². The number of nitrogens with one attached hydrogen (secondary N) is 2. The number of pyridine rings is 1. The largest absolute Gasteiger partial charge is 0.465 e. The van der Waals surface area contributed by atoms with Gasteiger partial charge in [-0.1, -0.05) is 17.7 Å². The number of hydrogen-bond donors (Lipinski definition) is 3. The van der Waals surface area contributed by atoms with Crippen LogP contribution in [0.5, 0.6) is 0 Å². The molecular formula is C13H10ClN3O3. The summed E-state index contributed by atoms with van der Waals surface area (Å²) >= 11 is 5.81. The van der Waals surface area contributed by atoms with Gasteiger partial charge in [-0.2, -0.15) is 0 Å². The van der Waals surface area contributed by atoms with Crippen LogP contribution in [0.3, 0.4) is 0 Å². The molecule has 20 heavy (non-hydrogen) atoms. The summed E-state index contributed by atoms with van der Waals surface area (Å²) < 4.78 is 0. The number of amides is 2. The minimum Gasteiger partial charge on any atom is -0.465 e. The molecule has 0 atom stereocenters. The Morgan fingerprint density at radius 1 is 1.15 bits per heavy atom. The van der Waals surface area contributed by atoms with Gasteiger partial charge in [0.2, 0.25) is 0 Å². The molecule has 1 aromatic heterocycles. The van der Waals surface area contributed by atoms with Crippen molar-refractivity contribution in [1.29, 1.82) is 0 Å². The summed E-state index contributed by atoms with van der Waals surface area (Å²) in [5.41, 5.74) is 0.829. The van der Waals surface area contributed by atoms with Crippen molar-refractivity contribution in [2.45, 2.75) is 0 Å². The van der Waals surface area contributed by atoms with Gasteiger partial charge in [-0.25, -0.2) is 9.78 Å². The van der Waals surface area contributed by atoms with E-state index in [1.807, 2.05) is 0 Å². The van der Waals surface area contributed by atoms with Crippen LogP contribution in [0.2, 0.25) is 5.02 Å². The van der Waals surface area contributed by atoms with Crippen molar-refractivity contribution in [1.82, 2.24) is 4.98 Å². The highest BCUT2D eigenvalue weighted by atomic mass is 35.5. The fraction of sp³-hybridized carbons (Fsp3) is 0. The average molecular weight is 292 g/mol. The van der Waals surface area contributed by atoms with Crippen molar-refractivity contribution in [2.24, 2.45) is 0 Å². The molecule has 0 aliphatic carbocycles. The summed E-state index contributed by atoms with van der Waals surface area (Å²) in [7, 11) is 0. The van der Waals surface area contributed by atoms with Gasteiger partial charge in [-0.05, 0) is 24.3 Å². The van der Waals surface area contributed by atoms with Crippen LogP contribution < -0.4 is 10.6 Å². The summed E-state index contributed by atoms with van der Waals surface area (Å²) in [6.45, 7) is 0. The predicted octanol–water partition coefficient (Wildman–Crippen LogP) is 3.08. The lowest BCUT2D eigenvalue weighted by Gasteiger charge is -2.07. The lowest BCUT2D eigenvalue weighted by atomic mass is 10.2. The molecule has 2 aromatic rings. The molecule has 0 aliphatic rings. The van der Waals surface area contributed by atoms with Crippen molar-refractivity contribution < 1.29 is 14.7 Å². The Bertz CT molecular complexity index is 661. The first-order chi connectivity index (χ1) is 9.54. The average Bonchev–Trinajstić information content (AvgIpc) is 2.38. The van der Waals surface area contributed by atoms with Gasteiger partial charge >= 0.3 is 6.09 Å². The molecule has 3 N–H and O–H groups in total. The van der Waals surface area contributed by atoms with E-state index in [0.29, 0.717) is 16.3 Å². The van der Waals surface area contributed by atoms with Crippen LogP contribution in [0, 0.1) is 0 Å². The van der Waals surface area contributed by atoms with Crippen LogP contribution in [0.25, 0.3) is 0 Å². The lowest BCUT2D eigenvalue weighted by molar-refractivity contribution is 0.102. The Labute approximate surface area is 119 Å². The van der Waals surface area contributed by atoms with Crippen LogP contribution >= 0.6 is 11.6 Å². The van der Waals surface area contributed by atoms with Gasteiger partial charge < -0.3 is 10.4 Å².